The number of hydrogen-bond donors (Lipinski definition) is 2. The molecule has 6 heteroatoms. The number of carbonyl (C=O) groups excluding carboxylic acids is 1. The fourth-order valence-corrected chi connectivity index (χ4v) is 3.23. The molecule has 2 N–H and O–H groups in total. The van der Waals surface area contributed by atoms with Crippen LogP contribution in [0, 0.1) is 22.6 Å². The van der Waals surface area contributed by atoms with Crippen molar-refractivity contribution in [3.05, 3.63) is 29.6 Å². The van der Waals surface area contributed by atoms with Crippen molar-refractivity contribution in [2.24, 2.45) is 16.7 Å². The van der Waals surface area contributed by atoms with Gasteiger partial charge in [-0.05, 0) is 28.5 Å². The van der Waals surface area contributed by atoms with Crippen LogP contribution in [0.1, 0.15) is 39.3 Å². The number of carboxylic acids is 1. The van der Waals surface area contributed by atoms with Crippen molar-refractivity contribution in [2.75, 3.05) is 7.11 Å². The van der Waals surface area contributed by atoms with Gasteiger partial charge in [0.1, 0.15) is 0 Å². The maximum atomic E-state index is 13.8. The highest BCUT2D eigenvalue weighted by Gasteiger charge is 2.68. The van der Waals surface area contributed by atoms with E-state index in [0.29, 0.717) is 0 Å². The second kappa shape index (κ2) is 5.51. The summed E-state index contributed by atoms with van der Waals surface area (Å²) < 4.78 is 18.6. The Labute approximate surface area is 134 Å². The molecule has 0 radical (unpaired) electrons. The lowest BCUT2D eigenvalue weighted by molar-refractivity contribution is -0.142. The quantitative estimate of drug-likeness (QED) is 0.873. The van der Waals surface area contributed by atoms with Gasteiger partial charge in [-0.15, -0.1) is 0 Å². The average molecular weight is 323 g/mol. The Hall–Kier alpha value is -2.11. The van der Waals surface area contributed by atoms with Gasteiger partial charge in [0.25, 0.3) is 0 Å². The molecule has 1 unspecified atom stereocenters. The fourth-order valence-electron chi connectivity index (χ4n) is 3.23. The lowest BCUT2D eigenvalue weighted by Crippen LogP contribution is -2.36. The largest absolute Gasteiger partial charge is 0.494 e. The maximum absolute atomic E-state index is 13.8. The minimum atomic E-state index is -1.30. The van der Waals surface area contributed by atoms with Crippen molar-refractivity contribution in [1.82, 2.24) is 5.32 Å². The van der Waals surface area contributed by atoms with Crippen LogP contribution in [0.25, 0.3) is 0 Å². The summed E-state index contributed by atoms with van der Waals surface area (Å²) in [5, 5.41) is 11.9. The summed E-state index contributed by atoms with van der Waals surface area (Å²) in [5.41, 5.74) is -0.239. The molecule has 2 rings (SSSR count). The first-order valence-electron chi connectivity index (χ1n) is 7.40. The normalized spacial score (nSPS) is 19.7. The zero-order valence-corrected chi connectivity index (χ0v) is 13.9. The van der Waals surface area contributed by atoms with Gasteiger partial charge in [0, 0.05) is 5.92 Å². The average Bonchev–Trinajstić information content (AvgIpc) is 2.85. The van der Waals surface area contributed by atoms with Gasteiger partial charge in [-0.25, -0.2) is 9.18 Å². The molecule has 126 valence electrons. The summed E-state index contributed by atoms with van der Waals surface area (Å²) in [6, 6.07) is 2.55. The molecular formula is C17H22FNO4. The molecule has 1 amide bonds. The third-order valence-corrected chi connectivity index (χ3v) is 5.33. The van der Waals surface area contributed by atoms with Crippen LogP contribution < -0.4 is 10.1 Å². The minimum Gasteiger partial charge on any atom is -0.494 e. The molecule has 0 saturated heterocycles. The van der Waals surface area contributed by atoms with Crippen LogP contribution in [-0.2, 0) is 9.59 Å². The first kappa shape index (κ1) is 17.2. The molecule has 1 aromatic rings. The Morgan fingerprint density at radius 2 is 1.83 bits per heavy atom. The van der Waals surface area contributed by atoms with Crippen LogP contribution in [0.15, 0.2) is 18.2 Å². The number of amides is 1. The molecule has 1 aliphatic rings. The first-order chi connectivity index (χ1) is 10.5. The molecule has 0 aliphatic heterocycles. The van der Waals surface area contributed by atoms with Gasteiger partial charge < -0.3 is 15.2 Å². The Balaban J connectivity index is 2.22. The van der Waals surface area contributed by atoms with E-state index in [0.717, 1.165) is 6.07 Å². The number of carboxylic acid groups (broad SMARTS) is 1. The van der Waals surface area contributed by atoms with Crippen molar-refractivity contribution in [1.29, 1.82) is 0 Å². The number of hydrogen-bond acceptors (Lipinski definition) is 3. The van der Waals surface area contributed by atoms with Crippen LogP contribution in [0.4, 0.5) is 4.39 Å². The maximum Gasteiger partial charge on any atom is 0.330 e. The number of carbonyl (C=O) groups is 2. The highest BCUT2D eigenvalue weighted by atomic mass is 19.1. The summed E-state index contributed by atoms with van der Waals surface area (Å²) in [4.78, 5) is 23.9. The van der Waals surface area contributed by atoms with Crippen molar-refractivity contribution in [3.63, 3.8) is 0 Å². The minimum absolute atomic E-state index is 0.0219. The van der Waals surface area contributed by atoms with Gasteiger partial charge >= 0.3 is 5.97 Å². The third-order valence-electron chi connectivity index (χ3n) is 5.33. The molecule has 5 nitrogen and oxygen atoms in total. The van der Waals surface area contributed by atoms with Crippen molar-refractivity contribution >= 4 is 11.9 Å². The smallest absolute Gasteiger partial charge is 0.330 e. The van der Waals surface area contributed by atoms with Crippen molar-refractivity contribution in [2.45, 2.75) is 33.7 Å². The molecule has 23 heavy (non-hydrogen) atoms. The SMILES string of the molecule is COc1ccc(C(NC(=O)C2C(C)(C)C2(C)C)C(=O)O)cc1F. The van der Waals surface area contributed by atoms with E-state index in [1.807, 2.05) is 27.7 Å². The zero-order chi connectivity index (χ0) is 17.6. The van der Waals surface area contributed by atoms with Crippen LogP contribution in [0.3, 0.4) is 0 Å². The molecule has 1 aromatic carbocycles. The summed E-state index contributed by atoms with van der Waals surface area (Å²) in [5.74, 6) is -2.49. The molecule has 0 heterocycles. The number of nitrogens with one attached hydrogen (secondary N) is 1. The molecule has 0 spiro atoms. The Bertz CT molecular complexity index is 640. The van der Waals surface area contributed by atoms with E-state index in [9.17, 15) is 19.1 Å². The topological polar surface area (TPSA) is 75.6 Å². The number of methoxy groups -OCH3 is 1. The highest BCUT2D eigenvalue weighted by Crippen LogP contribution is 2.68. The van der Waals surface area contributed by atoms with Gasteiger partial charge in [-0.2, -0.15) is 0 Å². The van der Waals surface area contributed by atoms with E-state index in [4.69, 9.17) is 4.74 Å². The Kier molecular flexibility index (Phi) is 4.13. The molecule has 1 saturated carbocycles. The second-order valence-corrected chi connectivity index (χ2v) is 7.05. The summed E-state index contributed by atoms with van der Waals surface area (Å²) >= 11 is 0. The lowest BCUT2D eigenvalue weighted by atomic mass is 10.0. The number of halogens is 1. The van der Waals surface area contributed by atoms with E-state index in [1.54, 1.807) is 0 Å². The lowest BCUT2D eigenvalue weighted by Gasteiger charge is -2.16. The van der Waals surface area contributed by atoms with Crippen LogP contribution >= 0.6 is 0 Å². The van der Waals surface area contributed by atoms with E-state index in [2.05, 4.69) is 5.32 Å². The van der Waals surface area contributed by atoms with Crippen LogP contribution in [0.5, 0.6) is 5.75 Å². The van der Waals surface area contributed by atoms with Crippen LogP contribution in [0.2, 0.25) is 0 Å². The number of benzene rings is 1. The van der Waals surface area contributed by atoms with E-state index in [1.165, 1.54) is 19.2 Å². The summed E-state index contributed by atoms with van der Waals surface area (Å²) in [6.07, 6.45) is 0. The Morgan fingerprint density at radius 3 is 2.22 bits per heavy atom. The Morgan fingerprint density at radius 1 is 1.26 bits per heavy atom. The van der Waals surface area contributed by atoms with Gasteiger partial charge in [0.2, 0.25) is 5.91 Å². The zero-order valence-electron chi connectivity index (χ0n) is 13.9. The molecule has 1 fully saturated rings. The summed E-state index contributed by atoms with van der Waals surface area (Å²) in [7, 11) is 1.33. The first-order valence-corrected chi connectivity index (χ1v) is 7.40. The second-order valence-electron chi connectivity index (χ2n) is 7.05. The molecule has 1 atom stereocenters. The number of ether oxygens (including phenoxy) is 1. The predicted molar refractivity (Wildman–Crippen MR) is 82.5 cm³/mol. The van der Waals surface area contributed by atoms with Gasteiger partial charge in [-0.3, -0.25) is 4.79 Å². The third kappa shape index (κ3) is 2.78. The number of aliphatic carboxylic acids is 1. The molecule has 1 aliphatic carbocycles. The van der Waals surface area contributed by atoms with Crippen molar-refractivity contribution < 1.29 is 23.8 Å². The number of rotatable bonds is 5. The van der Waals surface area contributed by atoms with Crippen LogP contribution in [-0.4, -0.2) is 24.1 Å². The monoisotopic (exact) mass is 323 g/mol. The van der Waals surface area contributed by atoms with Crippen molar-refractivity contribution in [3.8, 4) is 5.75 Å². The fraction of sp³-hybridized carbons (Fsp3) is 0.529. The van der Waals surface area contributed by atoms with E-state index < -0.39 is 17.8 Å². The molecule has 0 bridgehead atoms. The van der Waals surface area contributed by atoms with Gasteiger partial charge in [0.15, 0.2) is 17.6 Å². The summed E-state index contributed by atoms with van der Waals surface area (Å²) in [6.45, 7) is 7.89. The molecule has 0 aromatic heterocycles. The molecular weight excluding hydrogens is 301 g/mol. The van der Waals surface area contributed by atoms with Gasteiger partial charge in [-0.1, -0.05) is 33.8 Å². The predicted octanol–water partition coefficient (Wildman–Crippen LogP) is 2.76. The standard InChI is InChI=1S/C17H22FNO4/c1-16(2)13(17(16,3)4)14(20)19-12(15(21)22)9-6-7-11(23-5)10(18)8-9/h6-8,12-13H,1-5H3,(H,19,20)(H,21,22). The van der Waals surface area contributed by atoms with E-state index >= 15 is 0 Å². The van der Waals surface area contributed by atoms with E-state index in [-0.39, 0.29) is 34.0 Å². The van der Waals surface area contributed by atoms with Gasteiger partial charge in [0.05, 0.1) is 7.11 Å². The highest BCUT2D eigenvalue weighted by molar-refractivity contribution is 5.89.